The lowest BCUT2D eigenvalue weighted by molar-refractivity contribution is -0.137. The Labute approximate surface area is 188 Å². The van der Waals surface area contributed by atoms with Crippen LogP contribution in [0.4, 0.5) is 13.2 Å². The molecule has 0 bridgehead atoms. The van der Waals surface area contributed by atoms with Gasteiger partial charge in [-0.15, -0.1) is 11.3 Å². The lowest BCUT2D eigenvalue weighted by Gasteiger charge is -2.10. The minimum Gasteiger partial charge on any atom is -0.308 e. The molecule has 0 fully saturated rings. The first kappa shape index (κ1) is 21.9. The van der Waals surface area contributed by atoms with E-state index in [-0.39, 0.29) is 5.57 Å². The molecule has 162 valence electrons. The predicted octanol–water partition coefficient (Wildman–Crippen LogP) is 6.99. The third-order valence-corrected chi connectivity index (χ3v) is 7.16. The molecule has 0 aliphatic heterocycles. The highest BCUT2D eigenvalue weighted by molar-refractivity contribution is 7.15. The average molecular weight is 452 g/mol. The normalized spacial score (nSPS) is 14.0. The van der Waals surface area contributed by atoms with Crippen LogP contribution < -0.4 is 0 Å². The summed E-state index contributed by atoms with van der Waals surface area (Å²) in [6.07, 6.45) is 1.42. The summed E-state index contributed by atoms with van der Waals surface area (Å²) in [4.78, 5) is 1.27. The van der Waals surface area contributed by atoms with Crippen molar-refractivity contribution in [2.24, 2.45) is 0 Å². The number of nitriles is 2. The molecule has 1 aliphatic carbocycles. The van der Waals surface area contributed by atoms with Gasteiger partial charge in [0.25, 0.3) is 0 Å². The van der Waals surface area contributed by atoms with Crippen molar-refractivity contribution >= 4 is 23.0 Å². The molecule has 32 heavy (non-hydrogen) atoms. The van der Waals surface area contributed by atoms with Crippen LogP contribution in [-0.4, -0.2) is 4.57 Å². The number of thiophene rings is 1. The van der Waals surface area contributed by atoms with Crippen LogP contribution in [0.5, 0.6) is 0 Å². The molecule has 3 aromatic rings. The second kappa shape index (κ2) is 8.33. The Morgan fingerprint density at radius 2 is 1.78 bits per heavy atom. The number of aromatic nitrogens is 1. The van der Waals surface area contributed by atoms with Crippen LogP contribution in [0.25, 0.3) is 16.7 Å². The third-order valence-electron chi connectivity index (χ3n) is 5.88. The van der Waals surface area contributed by atoms with Gasteiger partial charge in [-0.1, -0.05) is 12.1 Å². The molecular weight excluding hydrogens is 431 g/mol. The highest BCUT2D eigenvalue weighted by atomic mass is 32.1. The van der Waals surface area contributed by atoms with Crippen LogP contribution in [0, 0.1) is 36.5 Å². The minimum absolute atomic E-state index is 0.282. The summed E-state index contributed by atoms with van der Waals surface area (Å²) < 4.78 is 40.6. The van der Waals surface area contributed by atoms with Gasteiger partial charge in [0, 0.05) is 16.3 Å². The number of fused-ring (bicyclic) bond motifs is 1. The average Bonchev–Trinajstić information content (AvgIpc) is 3.27. The molecule has 1 aliphatic rings. The molecule has 0 amide bonds. The molecule has 1 aromatic carbocycles. The minimum atomic E-state index is -4.42. The topological polar surface area (TPSA) is 52.5 Å². The molecule has 3 nitrogen and oxygen atoms in total. The fourth-order valence-corrected chi connectivity index (χ4v) is 5.70. The maximum atomic E-state index is 12.9. The second-order valence-corrected chi connectivity index (χ2v) is 8.99. The van der Waals surface area contributed by atoms with Gasteiger partial charge in [0.05, 0.1) is 22.8 Å². The van der Waals surface area contributed by atoms with Gasteiger partial charge in [0.15, 0.2) is 0 Å². The van der Waals surface area contributed by atoms with Crippen LogP contribution in [0.2, 0.25) is 0 Å². The fraction of sp³-hybridized carbons (Fsp3) is 0.280. The Hall–Kier alpha value is -3.29. The van der Waals surface area contributed by atoms with Crippen molar-refractivity contribution in [1.29, 1.82) is 10.5 Å². The van der Waals surface area contributed by atoms with Crippen LogP contribution in [0.15, 0.2) is 30.3 Å². The second-order valence-electron chi connectivity index (χ2n) is 7.91. The molecule has 0 spiro atoms. The van der Waals surface area contributed by atoms with E-state index in [1.165, 1.54) is 17.0 Å². The molecule has 0 N–H and O–H groups in total. The van der Waals surface area contributed by atoms with Gasteiger partial charge < -0.3 is 4.57 Å². The highest BCUT2D eigenvalue weighted by Crippen LogP contribution is 2.38. The van der Waals surface area contributed by atoms with E-state index in [1.54, 1.807) is 17.4 Å². The number of halogens is 3. The SMILES string of the molecule is Cc1cc(/C=C(/C#N)c2ccc(C(F)(F)F)cc2)c(C)n1-c1sc2c(c1C#N)CCCC2. The summed E-state index contributed by atoms with van der Waals surface area (Å²) >= 11 is 1.65. The van der Waals surface area contributed by atoms with Crippen molar-refractivity contribution in [2.45, 2.75) is 45.7 Å². The number of nitrogens with zero attached hydrogens (tertiary/aromatic N) is 3. The van der Waals surface area contributed by atoms with Crippen molar-refractivity contribution in [1.82, 2.24) is 4.57 Å². The van der Waals surface area contributed by atoms with Crippen molar-refractivity contribution < 1.29 is 13.2 Å². The van der Waals surface area contributed by atoms with Crippen LogP contribution in [0.3, 0.4) is 0 Å². The third kappa shape index (κ3) is 3.85. The lowest BCUT2D eigenvalue weighted by Crippen LogP contribution is -2.04. The van der Waals surface area contributed by atoms with Crippen molar-refractivity contribution in [3.8, 4) is 17.1 Å². The fourth-order valence-electron chi connectivity index (χ4n) is 4.24. The van der Waals surface area contributed by atoms with E-state index >= 15 is 0 Å². The van der Waals surface area contributed by atoms with E-state index < -0.39 is 11.7 Å². The Kier molecular flexibility index (Phi) is 5.71. The first-order valence-electron chi connectivity index (χ1n) is 10.3. The Morgan fingerprint density at radius 1 is 1.09 bits per heavy atom. The molecule has 4 rings (SSSR count). The molecule has 0 radical (unpaired) electrons. The Bertz CT molecular complexity index is 1290. The first-order valence-corrected chi connectivity index (χ1v) is 11.1. The maximum absolute atomic E-state index is 12.9. The van der Waals surface area contributed by atoms with Crippen LogP contribution in [-0.2, 0) is 19.0 Å². The molecule has 0 atom stereocenters. The molecule has 0 saturated carbocycles. The molecular formula is C25H20F3N3S. The zero-order chi connectivity index (χ0) is 23.0. The number of allylic oxidation sites excluding steroid dienone is 1. The first-order chi connectivity index (χ1) is 15.2. The van der Waals surface area contributed by atoms with E-state index in [1.807, 2.05) is 19.9 Å². The summed E-state index contributed by atoms with van der Waals surface area (Å²) in [6.45, 7) is 3.88. The zero-order valence-corrected chi connectivity index (χ0v) is 18.5. The molecule has 2 heterocycles. The molecule has 0 unspecified atom stereocenters. The molecule has 0 saturated heterocycles. The Morgan fingerprint density at radius 3 is 2.41 bits per heavy atom. The number of hydrogen-bond acceptors (Lipinski definition) is 3. The molecule has 2 aromatic heterocycles. The zero-order valence-electron chi connectivity index (χ0n) is 17.7. The van der Waals surface area contributed by atoms with Gasteiger partial charge in [0.2, 0.25) is 0 Å². The van der Waals surface area contributed by atoms with Gasteiger partial charge in [-0.05, 0) is 80.5 Å². The van der Waals surface area contributed by atoms with Crippen molar-refractivity contribution in [3.63, 3.8) is 0 Å². The smallest absolute Gasteiger partial charge is 0.308 e. The van der Waals surface area contributed by atoms with E-state index in [0.29, 0.717) is 5.56 Å². The quantitative estimate of drug-likeness (QED) is 0.403. The number of rotatable bonds is 3. The number of hydrogen-bond donors (Lipinski definition) is 0. The summed E-state index contributed by atoms with van der Waals surface area (Å²) in [7, 11) is 0. The number of aryl methyl sites for hydroxylation is 2. The van der Waals surface area contributed by atoms with Crippen LogP contribution in [0.1, 0.15) is 56.9 Å². The summed E-state index contributed by atoms with van der Waals surface area (Å²) in [5.41, 5.74) is 4.47. The largest absolute Gasteiger partial charge is 0.416 e. The highest BCUT2D eigenvalue weighted by Gasteiger charge is 2.30. The predicted molar refractivity (Wildman–Crippen MR) is 119 cm³/mol. The number of benzene rings is 1. The van der Waals surface area contributed by atoms with Crippen LogP contribution >= 0.6 is 11.3 Å². The summed E-state index contributed by atoms with van der Waals surface area (Å²) in [6, 6.07) is 11.0. The van der Waals surface area contributed by atoms with Crippen molar-refractivity contribution in [3.05, 3.63) is 74.4 Å². The monoisotopic (exact) mass is 451 g/mol. The van der Waals surface area contributed by atoms with Gasteiger partial charge in [-0.2, -0.15) is 23.7 Å². The molecule has 7 heteroatoms. The van der Waals surface area contributed by atoms with E-state index in [4.69, 9.17) is 0 Å². The number of alkyl halides is 3. The summed E-state index contributed by atoms with van der Waals surface area (Å²) in [5, 5.41) is 20.4. The van der Waals surface area contributed by atoms with Gasteiger partial charge in [-0.25, -0.2) is 0 Å². The van der Waals surface area contributed by atoms with Crippen molar-refractivity contribution in [2.75, 3.05) is 0 Å². The van der Waals surface area contributed by atoms with E-state index in [9.17, 15) is 23.7 Å². The lowest BCUT2D eigenvalue weighted by atomic mass is 9.96. The van der Waals surface area contributed by atoms with Gasteiger partial charge >= 0.3 is 6.18 Å². The van der Waals surface area contributed by atoms with E-state index in [2.05, 4.69) is 16.7 Å². The summed E-state index contributed by atoms with van der Waals surface area (Å²) in [5.74, 6) is 0. The Balaban J connectivity index is 1.77. The van der Waals surface area contributed by atoms with E-state index in [0.717, 1.165) is 70.9 Å². The van der Waals surface area contributed by atoms with Gasteiger partial charge in [0.1, 0.15) is 11.1 Å². The van der Waals surface area contributed by atoms with Gasteiger partial charge in [-0.3, -0.25) is 0 Å². The maximum Gasteiger partial charge on any atom is 0.416 e. The standard InChI is InChI=1S/C25H20F3N3S/c1-15-11-18(12-19(13-29)17-7-9-20(10-8-17)25(26,27)28)16(2)31(15)24-22(14-30)21-5-3-4-6-23(21)32-24/h7-12H,3-6H2,1-2H3/b19-12-.